The van der Waals surface area contributed by atoms with Gasteiger partial charge in [-0.25, -0.2) is 9.80 Å². The predicted molar refractivity (Wildman–Crippen MR) is 101 cm³/mol. The van der Waals surface area contributed by atoms with Crippen LogP contribution in [0.1, 0.15) is 0 Å². The van der Waals surface area contributed by atoms with Crippen LogP contribution in [0.3, 0.4) is 0 Å². The highest BCUT2D eigenvalue weighted by Crippen LogP contribution is 2.20. The van der Waals surface area contributed by atoms with Gasteiger partial charge in [0.2, 0.25) is 0 Å². The Morgan fingerprint density at radius 1 is 1.26 bits per heavy atom. The van der Waals surface area contributed by atoms with E-state index in [4.69, 9.17) is 20.4 Å². The normalized spacial score (nSPS) is 11.7. The van der Waals surface area contributed by atoms with Crippen molar-refractivity contribution in [2.75, 3.05) is 27.3 Å². The van der Waals surface area contributed by atoms with Crippen molar-refractivity contribution in [1.29, 1.82) is 0 Å². The van der Waals surface area contributed by atoms with E-state index in [9.17, 15) is 9.59 Å². The zero-order chi connectivity index (χ0) is 20.1. The van der Waals surface area contributed by atoms with Crippen molar-refractivity contribution >= 4 is 23.2 Å². The van der Waals surface area contributed by atoms with Crippen molar-refractivity contribution in [3.05, 3.63) is 54.8 Å². The minimum Gasteiger partial charge on any atom is -0.491 e. The first-order valence-electron chi connectivity index (χ1n) is 8.05. The van der Waals surface area contributed by atoms with Crippen molar-refractivity contribution in [1.82, 2.24) is 5.01 Å². The molecule has 0 aromatic heterocycles. The van der Waals surface area contributed by atoms with Crippen LogP contribution in [0.4, 0.5) is 0 Å². The van der Waals surface area contributed by atoms with Gasteiger partial charge in [-0.15, -0.1) is 0 Å². The summed E-state index contributed by atoms with van der Waals surface area (Å²) in [6.45, 7) is 1.25. The summed E-state index contributed by atoms with van der Waals surface area (Å²) in [4.78, 5) is 18.9. The maximum Gasteiger partial charge on any atom is 0.331 e. The Morgan fingerprint density at radius 2 is 1.96 bits per heavy atom. The number of aliphatic carboxylic acids is 1. The van der Waals surface area contributed by atoms with Gasteiger partial charge in [0.15, 0.2) is 0 Å². The smallest absolute Gasteiger partial charge is 0.331 e. The monoisotopic (exact) mass is 376 g/mol. The highest BCUT2D eigenvalue weighted by atomic mass is 16.5. The number of hydrogen-bond donors (Lipinski definition) is 2. The number of nitrogens with two attached hydrogens (primary N) is 1. The van der Waals surface area contributed by atoms with Gasteiger partial charge in [-0.2, -0.15) is 0 Å². The number of likely N-dealkylation sites (N-methyl/N-ethyl adjacent to an activating group) is 1. The van der Waals surface area contributed by atoms with Gasteiger partial charge in [0.05, 0.1) is 6.08 Å². The van der Waals surface area contributed by atoms with Gasteiger partial charge < -0.3 is 19.3 Å². The van der Waals surface area contributed by atoms with E-state index in [1.807, 2.05) is 31.3 Å². The molecular formula is C19H24N2O6. The molecular weight excluding hydrogens is 352 g/mol. The third kappa shape index (κ3) is 9.36. The molecule has 146 valence electrons. The number of hydrazine groups is 1. The van der Waals surface area contributed by atoms with Gasteiger partial charge >= 0.3 is 5.97 Å². The maximum absolute atomic E-state index is 9.59. The lowest BCUT2D eigenvalue weighted by molar-refractivity contribution is -0.131. The molecule has 0 bridgehead atoms. The summed E-state index contributed by atoms with van der Waals surface area (Å²) < 4.78 is 15.0. The van der Waals surface area contributed by atoms with Gasteiger partial charge in [-0.3, -0.25) is 10.6 Å². The average Bonchev–Trinajstić information content (AvgIpc) is 2.65. The average molecular weight is 376 g/mol. The molecule has 0 spiro atoms. The van der Waals surface area contributed by atoms with E-state index in [1.54, 1.807) is 12.1 Å². The largest absolute Gasteiger partial charge is 0.491 e. The SMILES string of the molecule is COC(COc1ccc2ccccc2c1)CN(C)N.O=CO/C=C/C(=O)O. The second-order valence-electron chi connectivity index (χ2n) is 5.49. The fraction of sp³-hybridized carbons (Fsp3) is 0.263. The zero-order valence-corrected chi connectivity index (χ0v) is 15.3. The Labute approximate surface area is 157 Å². The number of carboxylic acid groups (broad SMARTS) is 1. The number of carbonyl (C=O) groups excluding carboxylic acids is 1. The van der Waals surface area contributed by atoms with Crippen LogP contribution in [0, 0.1) is 0 Å². The Morgan fingerprint density at radius 3 is 2.56 bits per heavy atom. The van der Waals surface area contributed by atoms with E-state index in [2.05, 4.69) is 22.9 Å². The van der Waals surface area contributed by atoms with Crippen LogP contribution in [0.5, 0.6) is 5.75 Å². The summed E-state index contributed by atoms with van der Waals surface area (Å²) in [5.41, 5.74) is 0. The van der Waals surface area contributed by atoms with E-state index in [0.29, 0.717) is 19.2 Å². The molecule has 0 fully saturated rings. The van der Waals surface area contributed by atoms with Crippen LogP contribution >= 0.6 is 0 Å². The minimum absolute atomic E-state index is 0.0403. The molecule has 0 saturated heterocycles. The molecule has 0 aliphatic carbocycles. The van der Waals surface area contributed by atoms with Gasteiger partial charge in [-0.05, 0) is 22.9 Å². The first-order chi connectivity index (χ1) is 13.0. The molecule has 0 aliphatic rings. The first-order valence-corrected chi connectivity index (χ1v) is 8.05. The van der Waals surface area contributed by atoms with Crippen LogP contribution in [0.2, 0.25) is 0 Å². The van der Waals surface area contributed by atoms with E-state index in [-0.39, 0.29) is 12.6 Å². The molecule has 3 N–H and O–H groups in total. The number of rotatable bonds is 9. The van der Waals surface area contributed by atoms with Crippen LogP contribution in [-0.4, -0.2) is 56.0 Å². The lowest BCUT2D eigenvalue weighted by Gasteiger charge is -2.19. The fourth-order valence-electron chi connectivity index (χ4n) is 2.09. The molecule has 0 radical (unpaired) electrons. The standard InChI is InChI=1S/C15H20N2O2.C4H4O4/c1-17(16)10-15(18-2)11-19-14-8-7-12-5-3-4-6-13(12)9-14;5-3-8-2-1-4(6)7/h3-9,15H,10-11,16H2,1-2H3;1-3H,(H,6,7)/b;2-1+. The molecule has 0 aliphatic heterocycles. The summed E-state index contributed by atoms with van der Waals surface area (Å²) in [5.74, 6) is 5.31. The molecule has 8 nitrogen and oxygen atoms in total. The number of ether oxygens (including phenoxy) is 3. The zero-order valence-electron chi connectivity index (χ0n) is 15.3. The molecule has 27 heavy (non-hydrogen) atoms. The number of fused-ring (bicyclic) bond motifs is 1. The third-order valence-corrected chi connectivity index (χ3v) is 3.33. The Hall–Kier alpha value is -2.94. The Bertz CT molecular complexity index is 748. The maximum atomic E-state index is 9.59. The summed E-state index contributed by atoms with van der Waals surface area (Å²) in [6.07, 6.45) is 1.46. The molecule has 2 aromatic rings. The minimum atomic E-state index is -1.15. The van der Waals surface area contributed by atoms with Crippen molar-refractivity contribution in [2.24, 2.45) is 5.84 Å². The van der Waals surface area contributed by atoms with Crippen LogP contribution in [-0.2, 0) is 19.1 Å². The van der Waals surface area contributed by atoms with Crippen molar-refractivity contribution in [3.8, 4) is 5.75 Å². The molecule has 2 rings (SSSR count). The highest BCUT2D eigenvalue weighted by molar-refractivity contribution is 5.83. The lowest BCUT2D eigenvalue weighted by atomic mass is 10.1. The van der Waals surface area contributed by atoms with Crippen LogP contribution < -0.4 is 10.6 Å². The number of nitrogens with zero attached hydrogens (tertiary/aromatic N) is 1. The van der Waals surface area contributed by atoms with Gasteiger partial charge in [-0.1, -0.05) is 30.3 Å². The quantitative estimate of drug-likeness (QED) is 0.224. The number of hydrogen-bond acceptors (Lipinski definition) is 7. The Balaban J connectivity index is 0.000000387. The number of carboxylic acids is 1. The second kappa shape index (κ2) is 12.4. The second-order valence-corrected chi connectivity index (χ2v) is 5.49. The van der Waals surface area contributed by atoms with Crippen LogP contribution in [0.25, 0.3) is 10.8 Å². The summed E-state index contributed by atoms with van der Waals surface area (Å²) in [5, 5.41) is 11.8. The molecule has 0 amide bonds. The van der Waals surface area contributed by atoms with Crippen LogP contribution in [0.15, 0.2) is 54.8 Å². The highest BCUT2D eigenvalue weighted by Gasteiger charge is 2.10. The third-order valence-electron chi connectivity index (χ3n) is 3.33. The molecule has 2 aromatic carbocycles. The predicted octanol–water partition coefficient (Wildman–Crippen LogP) is 1.80. The summed E-state index contributed by atoms with van der Waals surface area (Å²) in [6, 6.07) is 14.3. The van der Waals surface area contributed by atoms with Crippen molar-refractivity contribution in [2.45, 2.75) is 6.10 Å². The van der Waals surface area contributed by atoms with E-state index in [1.165, 1.54) is 10.8 Å². The van der Waals surface area contributed by atoms with Crippen molar-refractivity contribution < 1.29 is 28.9 Å². The van der Waals surface area contributed by atoms with Gasteiger partial charge in [0.1, 0.15) is 24.7 Å². The first kappa shape index (κ1) is 22.1. The van der Waals surface area contributed by atoms with Gasteiger partial charge in [0, 0.05) is 20.7 Å². The van der Waals surface area contributed by atoms with E-state index < -0.39 is 5.97 Å². The lowest BCUT2D eigenvalue weighted by Crippen LogP contribution is -2.38. The number of carbonyl (C=O) groups is 2. The molecule has 0 saturated carbocycles. The number of methoxy groups -OCH3 is 1. The van der Waals surface area contributed by atoms with Crippen molar-refractivity contribution in [3.63, 3.8) is 0 Å². The topological polar surface area (TPSA) is 111 Å². The fourth-order valence-corrected chi connectivity index (χ4v) is 2.09. The van der Waals surface area contributed by atoms with Gasteiger partial charge in [0.25, 0.3) is 6.47 Å². The molecule has 0 heterocycles. The van der Waals surface area contributed by atoms with E-state index >= 15 is 0 Å². The molecule has 8 heteroatoms. The summed E-state index contributed by atoms with van der Waals surface area (Å²) in [7, 11) is 3.47. The van der Waals surface area contributed by atoms with E-state index in [0.717, 1.165) is 12.0 Å². The Kier molecular flexibility index (Phi) is 10.2. The summed E-state index contributed by atoms with van der Waals surface area (Å²) >= 11 is 0. The molecule has 1 atom stereocenters. The number of benzene rings is 2. The molecule has 1 unspecified atom stereocenters.